The van der Waals surface area contributed by atoms with Crippen LogP contribution in [0.4, 0.5) is 8.78 Å². The first-order valence-corrected chi connectivity index (χ1v) is 5.39. The fourth-order valence-corrected chi connectivity index (χ4v) is 2.90. The predicted molar refractivity (Wildman–Crippen MR) is 38.1 cm³/mol. The zero-order chi connectivity index (χ0) is 9.20. The molecule has 2 aliphatic carbocycles. The highest BCUT2D eigenvalue weighted by atomic mass is 32.2. The third-order valence-corrected chi connectivity index (χ3v) is 3.67. The largest absolute Gasteiger partial charge is 0.258 e. The molecule has 3 nitrogen and oxygen atoms in total. The monoisotopic (exact) mass is 197 g/mol. The van der Waals surface area contributed by atoms with Crippen LogP contribution in [0.2, 0.25) is 0 Å². The molecule has 0 aromatic heterocycles. The van der Waals surface area contributed by atoms with Gasteiger partial charge in [0.2, 0.25) is 10.0 Å². The second-order valence-electron chi connectivity index (χ2n) is 3.66. The van der Waals surface area contributed by atoms with Crippen molar-refractivity contribution < 1.29 is 17.2 Å². The van der Waals surface area contributed by atoms with Crippen molar-refractivity contribution in [3.63, 3.8) is 0 Å². The Hall–Kier alpha value is -0.230. The Morgan fingerprint density at radius 1 is 1.42 bits per heavy atom. The quantitative estimate of drug-likeness (QED) is 0.693. The van der Waals surface area contributed by atoms with Crippen LogP contribution in [0.5, 0.6) is 0 Å². The van der Waals surface area contributed by atoms with Crippen molar-refractivity contribution in [2.45, 2.75) is 18.8 Å². The minimum atomic E-state index is -3.74. The number of nitrogens with two attached hydrogens (primary N) is 1. The van der Waals surface area contributed by atoms with Crippen molar-refractivity contribution in [3.05, 3.63) is 0 Å². The van der Waals surface area contributed by atoms with Gasteiger partial charge in [0.15, 0.2) is 0 Å². The lowest BCUT2D eigenvalue weighted by molar-refractivity contribution is 0.0823. The molecule has 2 rings (SSSR count). The van der Waals surface area contributed by atoms with Gasteiger partial charge in [-0.2, -0.15) is 0 Å². The van der Waals surface area contributed by atoms with E-state index in [2.05, 4.69) is 5.14 Å². The first kappa shape index (κ1) is 8.37. The second kappa shape index (κ2) is 1.82. The SMILES string of the molecule is NS(=O)(=O)CC1C(F)(F)C12CC2. The number of rotatable bonds is 2. The van der Waals surface area contributed by atoms with Gasteiger partial charge in [0.25, 0.3) is 5.92 Å². The first-order valence-electron chi connectivity index (χ1n) is 3.68. The van der Waals surface area contributed by atoms with Gasteiger partial charge in [0.1, 0.15) is 0 Å². The molecule has 0 aliphatic heterocycles. The average molecular weight is 197 g/mol. The summed E-state index contributed by atoms with van der Waals surface area (Å²) in [5, 5.41) is 4.69. The van der Waals surface area contributed by atoms with Crippen LogP contribution in [-0.4, -0.2) is 20.1 Å². The molecule has 12 heavy (non-hydrogen) atoms. The Bertz CT molecular complexity index is 316. The molecule has 1 unspecified atom stereocenters. The maximum atomic E-state index is 12.8. The lowest BCUT2D eigenvalue weighted by Crippen LogP contribution is -2.19. The van der Waals surface area contributed by atoms with Crippen molar-refractivity contribution in [2.75, 3.05) is 5.75 Å². The lowest BCUT2D eigenvalue weighted by Gasteiger charge is -1.93. The van der Waals surface area contributed by atoms with Gasteiger partial charge in [-0.25, -0.2) is 22.3 Å². The van der Waals surface area contributed by atoms with Gasteiger partial charge in [-0.3, -0.25) is 0 Å². The van der Waals surface area contributed by atoms with E-state index < -0.39 is 33.0 Å². The van der Waals surface area contributed by atoms with E-state index in [9.17, 15) is 17.2 Å². The van der Waals surface area contributed by atoms with Crippen LogP contribution in [0, 0.1) is 11.3 Å². The van der Waals surface area contributed by atoms with Gasteiger partial charge < -0.3 is 0 Å². The molecule has 1 spiro atoms. The van der Waals surface area contributed by atoms with Gasteiger partial charge in [0, 0.05) is 11.3 Å². The predicted octanol–water partition coefficient (Wildman–Crippen LogP) is 0.320. The number of hydrogen-bond donors (Lipinski definition) is 1. The number of hydrogen-bond acceptors (Lipinski definition) is 2. The summed E-state index contributed by atoms with van der Waals surface area (Å²) < 4.78 is 46.8. The van der Waals surface area contributed by atoms with Crippen molar-refractivity contribution in [1.82, 2.24) is 0 Å². The van der Waals surface area contributed by atoms with E-state index >= 15 is 0 Å². The van der Waals surface area contributed by atoms with Crippen molar-refractivity contribution >= 4 is 10.0 Å². The van der Waals surface area contributed by atoms with E-state index in [4.69, 9.17) is 0 Å². The molecule has 0 bridgehead atoms. The molecule has 2 fully saturated rings. The van der Waals surface area contributed by atoms with Gasteiger partial charge in [0.05, 0.1) is 5.75 Å². The summed E-state index contributed by atoms with van der Waals surface area (Å²) in [6.45, 7) is 0. The Morgan fingerprint density at radius 2 is 1.92 bits per heavy atom. The molecule has 2 saturated carbocycles. The molecule has 1 atom stereocenters. The van der Waals surface area contributed by atoms with Crippen LogP contribution in [0.3, 0.4) is 0 Å². The van der Waals surface area contributed by atoms with Crippen LogP contribution in [0.1, 0.15) is 12.8 Å². The fraction of sp³-hybridized carbons (Fsp3) is 1.00. The van der Waals surface area contributed by atoms with E-state index in [0.29, 0.717) is 12.8 Å². The zero-order valence-corrected chi connectivity index (χ0v) is 7.07. The van der Waals surface area contributed by atoms with E-state index in [1.54, 1.807) is 0 Å². The molecule has 70 valence electrons. The van der Waals surface area contributed by atoms with Gasteiger partial charge in [-0.1, -0.05) is 0 Å². The molecular weight excluding hydrogens is 188 g/mol. The third kappa shape index (κ3) is 0.908. The van der Waals surface area contributed by atoms with Crippen molar-refractivity contribution in [3.8, 4) is 0 Å². The summed E-state index contributed by atoms with van der Waals surface area (Å²) in [4.78, 5) is 0. The summed E-state index contributed by atoms with van der Waals surface area (Å²) in [6.07, 6.45) is 0.889. The fourth-order valence-electron chi connectivity index (χ4n) is 1.90. The molecule has 0 aromatic carbocycles. The van der Waals surface area contributed by atoms with Crippen LogP contribution in [-0.2, 0) is 10.0 Å². The summed E-state index contributed by atoms with van der Waals surface area (Å²) in [7, 11) is -3.74. The molecule has 0 radical (unpaired) electrons. The molecular formula is C6H9F2NO2S. The number of sulfonamides is 1. The summed E-state index contributed by atoms with van der Waals surface area (Å²) in [5.74, 6) is -4.36. The van der Waals surface area contributed by atoms with Crippen LogP contribution in [0.25, 0.3) is 0 Å². The minimum Gasteiger partial charge on any atom is -0.229 e. The molecule has 6 heteroatoms. The number of primary sulfonamides is 1. The van der Waals surface area contributed by atoms with Crippen molar-refractivity contribution in [2.24, 2.45) is 16.5 Å². The average Bonchev–Trinajstić information content (AvgIpc) is 2.65. The van der Waals surface area contributed by atoms with Crippen molar-refractivity contribution in [1.29, 1.82) is 0 Å². The highest BCUT2D eigenvalue weighted by molar-refractivity contribution is 7.89. The maximum absolute atomic E-state index is 12.8. The Morgan fingerprint density at radius 3 is 2.17 bits per heavy atom. The number of halogens is 2. The lowest BCUT2D eigenvalue weighted by atomic mass is 10.3. The van der Waals surface area contributed by atoms with Gasteiger partial charge >= 0.3 is 0 Å². The third-order valence-electron chi connectivity index (χ3n) is 2.87. The summed E-state index contributed by atoms with van der Waals surface area (Å²) in [5.41, 5.74) is -0.973. The summed E-state index contributed by atoms with van der Waals surface area (Å²) >= 11 is 0. The Kier molecular flexibility index (Phi) is 1.27. The molecule has 2 aliphatic rings. The Labute approximate surface area is 69.0 Å². The normalized spacial score (nSPS) is 35.1. The van der Waals surface area contributed by atoms with Gasteiger partial charge in [-0.15, -0.1) is 0 Å². The maximum Gasteiger partial charge on any atom is 0.258 e. The smallest absolute Gasteiger partial charge is 0.229 e. The van der Waals surface area contributed by atoms with Crippen LogP contribution < -0.4 is 5.14 Å². The highest BCUT2D eigenvalue weighted by Crippen LogP contribution is 2.79. The molecule has 2 N–H and O–H groups in total. The zero-order valence-electron chi connectivity index (χ0n) is 6.26. The van der Waals surface area contributed by atoms with E-state index in [0.717, 1.165) is 0 Å². The molecule has 0 saturated heterocycles. The van der Waals surface area contributed by atoms with E-state index in [1.807, 2.05) is 0 Å². The first-order chi connectivity index (χ1) is 5.30. The molecule has 0 aromatic rings. The van der Waals surface area contributed by atoms with E-state index in [-0.39, 0.29) is 0 Å². The molecule has 0 amide bonds. The Balaban J connectivity index is 2.11. The van der Waals surface area contributed by atoms with Crippen LogP contribution >= 0.6 is 0 Å². The van der Waals surface area contributed by atoms with Crippen LogP contribution in [0.15, 0.2) is 0 Å². The number of alkyl halides is 2. The molecule has 0 heterocycles. The minimum absolute atomic E-state index is 0.445. The topological polar surface area (TPSA) is 60.2 Å². The van der Waals surface area contributed by atoms with Gasteiger partial charge in [-0.05, 0) is 12.8 Å². The van der Waals surface area contributed by atoms with E-state index in [1.165, 1.54) is 0 Å². The summed E-state index contributed by atoms with van der Waals surface area (Å²) in [6, 6.07) is 0. The highest BCUT2D eigenvalue weighted by Gasteiger charge is 2.86. The second-order valence-corrected chi connectivity index (χ2v) is 5.32. The standard InChI is InChI=1S/C6H9F2NO2S/c7-6(8)4(3-12(9,10)11)5(6)1-2-5/h4H,1-3H2,(H2,9,10,11).